The van der Waals surface area contributed by atoms with Crippen LogP contribution < -0.4 is 5.32 Å². The Morgan fingerprint density at radius 3 is 2.64 bits per heavy atom. The highest BCUT2D eigenvalue weighted by molar-refractivity contribution is 6.80. The lowest BCUT2D eigenvalue weighted by atomic mass is 10.1. The first-order valence-electron chi connectivity index (χ1n) is 9.51. The fourth-order valence-corrected chi connectivity index (χ4v) is 10.5. The van der Waals surface area contributed by atoms with Crippen molar-refractivity contribution in [2.75, 3.05) is 0 Å². The van der Waals surface area contributed by atoms with Crippen molar-refractivity contribution in [1.82, 2.24) is 15.3 Å². The molecule has 2 N–H and O–H groups in total. The molecule has 2 aliphatic rings. The summed E-state index contributed by atoms with van der Waals surface area (Å²) in [5.74, 6) is -0.0296. The predicted molar refractivity (Wildman–Crippen MR) is 105 cm³/mol. The van der Waals surface area contributed by atoms with E-state index in [1.807, 2.05) is 19.1 Å². The van der Waals surface area contributed by atoms with E-state index in [0.29, 0.717) is 22.4 Å². The number of hydrogen-bond donors (Lipinski definition) is 2. The summed E-state index contributed by atoms with van der Waals surface area (Å²) in [5, 5.41) is 4.69. The maximum Gasteiger partial charge on any atom is 0.267 e. The van der Waals surface area contributed by atoms with Gasteiger partial charge in [-0.05, 0) is 31.9 Å². The molecule has 4 rings (SSSR count). The van der Waals surface area contributed by atoms with E-state index in [-0.39, 0.29) is 5.91 Å². The first-order valence-corrected chi connectivity index (χ1v) is 12.7. The minimum Gasteiger partial charge on any atom is -0.348 e. The van der Waals surface area contributed by atoms with Crippen molar-refractivity contribution in [3.63, 3.8) is 0 Å². The number of rotatable bonds is 2. The number of hydrogen-bond acceptors (Lipinski definition) is 2. The van der Waals surface area contributed by atoms with Crippen molar-refractivity contribution in [3.05, 3.63) is 28.5 Å². The number of amides is 1. The minimum atomic E-state index is -0.969. The molecular formula is C19H26ClN3OSi. The molecule has 1 spiro atoms. The number of carbonyl (C=O) groups is 1. The van der Waals surface area contributed by atoms with E-state index in [1.54, 1.807) is 0 Å². The second-order valence-corrected chi connectivity index (χ2v) is 13.4. The summed E-state index contributed by atoms with van der Waals surface area (Å²) < 4.78 is 0. The van der Waals surface area contributed by atoms with Crippen molar-refractivity contribution < 1.29 is 4.79 Å². The van der Waals surface area contributed by atoms with Crippen molar-refractivity contribution in [2.45, 2.75) is 69.2 Å². The Bertz CT molecular complexity index is 787. The molecule has 0 unspecified atom stereocenters. The number of pyridine rings is 1. The van der Waals surface area contributed by atoms with Gasteiger partial charge in [-0.25, -0.2) is 4.98 Å². The molecule has 0 atom stereocenters. The molecule has 1 amide bonds. The van der Waals surface area contributed by atoms with Gasteiger partial charge in [0.15, 0.2) is 0 Å². The summed E-state index contributed by atoms with van der Waals surface area (Å²) in [6.45, 7) is 1.90. The zero-order valence-electron chi connectivity index (χ0n) is 14.8. The molecule has 0 bridgehead atoms. The molecule has 2 fully saturated rings. The third-order valence-corrected chi connectivity index (χ3v) is 12.1. The average molecular weight is 376 g/mol. The SMILES string of the molecule is Cc1cc(Cl)c2cc(C(=O)NC3CC[Si]4(CCCCC4)CC3)[nH]c2n1. The zero-order chi connectivity index (χ0) is 17.4. The van der Waals surface area contributed by atoms with Crippen molar-refractivity contribution >= 4 is 36.6 Å². The van der Waals surface area contributed by atoms with Gasteiger partial charge in [0.05, 0.1) is 13.1 Å². The summed E-state index contributed by atoms with van der Waals surface area (Å²) in [4.78, 5) is 20.2. The topological polar surface area (TPSA) is 57.8 Å². The smallest absolute Gasteiger partial charge is 0.267 e. The molecule has 4 nitrogen and oxygen atoms in total. The van der Waals surface area contributed by atoms with Gasteiger partial charge in [0.1, 0.15) is 11.3 Å². The van der Waals surface area contributed by atoms with Crippen LogP contribution in [0.5, 0.6) is 0 Å². The molecule has 4 heterocycles. The molecule has 0 radical (unpaired) electrons. The molecule has 0 aliphatic carbocycles. The normalized spacial score (nSPS) is 20.9. The van der Waals surface area contributed by atoms with Crippen LogP contribution in [-0.2, 0) is 0 Å². The number of carbonyl (C=O) groups excluding carboxylic acids is 1. The lowest BCUT2D eigenvalue weighted by Gasteiger charge is -2.41. The van der Waals surface area contributed by atoms with E-state index in [1.165, 1.54) is 43.4 Å². The lowest BCUT2D eigenvalue weighted by Crippen LogP contribution is -2.46. The first kappa shape index (κ1) is 17.1. The third-order valence-electron chi connectivity index (χ3n) is 6.22. The van der Waals surface area contributed by atoms with E-state index in [2.05, 4.69) is 15.3 Å². The fourth-order valence-electron chi connectivity index (χ4n) is 4.75. The van der Waals surface area contributed by atoms with Gasteiger partial charge in [0, 0.05) is 17.1 Å². The number of fused-ring (bicyclic) bond motifs is 1. The van der Waals surface area contributed by atoms with Gasteiger partial charge in [-0.3, -0.25) is 4.79 Å². The zero-order valence-corrected chi connectivity index (χ0v) is 16.6. The number of aromatic amines is 1. The van der Waals surface area contributed by atoms with Crippen LogP contribution in [0.4, 0.5) is 0 Å². The Labute approximate surface area is 154 Å². The van der Waals surface area contributed by atoms with Gasteiger partial charge >= 0.3 is 0 Å². The number of aryl methyl sites for hydroxylation is 1. The van der Waals surface area contributed by atoms with Gasteiger partial charge in [0.2, 0.25) is 0 Å². The van der Waals surface area contributed by atoms with Gasteiger partial charge in [-0.1, -0.05) is 55.0 Å². The summed E-state index contributed by atoms with van der Waals surface area (Å²) >= 11 is 6.27. The highest BCUT2D eigenvalue weighted by atomic mass is 35.5. The van der Waals surface area contributed by atoms with Gasteiger partial charge in [0.25, 0.3) is 5.91 Å². The summed E-state index contributed by atoms with van der Waals surface area (Å²) in [5.41, 5.74) is 2.10. The van der Waals surface area contributed by atoms with Gasteiger partial charge in [-0.2, -0.15) is 0 Å². The van der Waals surface area contributed by atoms with E-state index in [0.717, 1.165) is 23.9 Å². The van der Waals surface area contributed by atoms with Crippen LogP contribution in [0.15, 0.2) is 12.1 Å². The molecular weight excluding hydrogens is 350 g/mol. The molecule has 0 saturated carbocycles. The maximum atomic E-state index is 12.6. The molecule has 2 aliphatic heterocycles. The standard InChI is InChI=1S/C19H26ClN3OSi/c1-13-11-16(20)15-12-17(23-18(15)21-13)19(24)22-14-5-9-25(10-6-14)7-3-2-4-8-25/h11-12,14H,2-10H2,1H3,(H,21,23)(H,22,24). The maximum absolute atomic E-state index is 12.6. The van der Waals surface area contributed by atoms with Gasteiger partial charge in [-0.15, -0.1) is 0 Å². The Morgan fingerprint density at radius 1 is 1.20 bits per heavy atom. The lowest BCUT2D eigenvalue weighted by molar-refractivity contribution is 0.0929. The summed E-state index contributed by atoms with van der Waals surface area (Å²) in [6, 6.07) is 9.82. The third kappa shape index (κ3) is 3.49. The summed E-state index contributed by atoms with van der Waals surface area (Å²) in [6.07, 6.45) is 6.66. The van der Waals surface area contributed by atoms with Crippen LogP contribution in [0.1, 0.15) is 48.3 Å². The molecule has 25 heavy (non-hydrogen) atoms. The summed E-state index contributed by atoms with van der Waals surface area (Å²) in [7, 11) is -0.969. The van der Waals surface area contributed by atoms with Crippen LogP contribution in [0.2, 0.25) is 29.2 Å². The molecule has 6 heteroatoms. The van der Waals surface area contributed by atoms with E-state index < -0.39 is 8.07 Å². The van der Waals surface area contributed by atoms with E-state index >= 15 is 0 Å². The Kier molecular flexibility index (Phi) is 4.63. The number of halogens is 1. The van der Waals surface area contributed by atoms with Gasteiger partial charge < -0.3 is 10.3 Å². The number of H-pyrrole nitrogens is 1. The Balaban J connectivity index is 1.42. The van der Waals surface area contributed by atoms with Crippen molar-refractivity contribution in [3.8, 4) is 0 Å². The Morgan fingerprint density at radius 2 is 1.92 bits per heavy atom. The molecule has 2 aromatic heterocycles. The second kappa shape index (κ2) is 6.76. The van der Waals surface area contributed by atoms with Crippen molar-refractivity contribution in [1.29, 1.82) is 0 Å². The predicted octanol–water partition coefficient (Wildman–Crippen LogP) is 5.05. The van der Waals surface area contributed by atoms with Crippen LogP contribution in [0.25, 0.3) is 11.0 Å². The van der Waals surface area contributed by atoms with Crippen LogP contribution in [0, 0.1) is 6.92 Å². The Hall–Kier alpha value is -1.33. The second-order valence-electron chi connectivity index (χ2n) is 8.00. The van der Waals surface area contributed by atoms with E-state index in [4.69, 9.17) is 11.6 Å². The number of nitrogens with one attached hydrogen (secondary N) is 2. The molecule has 0 aromatic carbocycles. The molecule has 134 valence electrons. The number of nitrogens with zero attached hydrogens (tertiary/aromatic N) is 1. The number of aromatic nitrogens is 2. The monoisotopic (exact) mass is 375 g/mol. The average Bonchev–Trinajstić information content (AvgIpc) is 3.02. The quantitative estimate of drug-likeness (QED) is 0.721. The molecule has 2 saturated heterocycles. The minimum absolute atomic E-state index is 0.0296. The largest absolute Gasteiger partial charge is 0.348 e. The van der Waals surface area contributed by atoms with Crippen LogP contribution in [0.3, 0.4) is 0 Å². The van der Waals surface area contributed by atoms with E-state index in [9.17, 15) is 4.79 Å². The fraction of sp³-hybridized carbons (Fsp3) is 0.579. The van der Waals surface area contributed by atoms with Crippen LogP contribution in [-0.4, -0.2) is 30.0 Å². The first-order chi connectivity index (χ1) is 12.0. The highest BCUT2D eigenvalue weighted by Crippen LogP contribution is 2.40. The van der Waals surface area contributed by atoms with Crippen LogP contribution >= 0.6 is 11.6 Å². The van der Waals surface area contributed by atoms with Crippen molar-refractivity contribution in [2.24, 2.45) is 0 Å². The molecule has 2 aromatic rings. The highest BCUT2D eigenvalue weighted by Gasteiger charge is 2.38.